The highest BCUT2D eigenvalue weighted by atomic mass is 35.5. The zero-order valence-corrected chi connectivity index (χ0v) is 13.2. The highest BCUT2D eigenvalue weighted by Crippen LogP contribution is 2.37. The molecule has 1 aliphatic carbocycles. The van der Waals surface area contributed by atoms with E-state index in [1.807, 2.05) is 0 Å². The van der Waals surface area contributed by atoms with Crippen molar-refractivity contribution < 1.29 is 0 Å². The van der Waals surface area contributed by atoms with E-state index < -0.39 is 0 Å². The summed E-state index contributed by atoms with van der Waals surface area (Å²) >= 11 is 6.16. The highest BCUT2D eigenvalue weighted by molar-refractivity contribution is 6.16. The van der Waals surface area contributed by atoms with Crippen LogP contribution in [0.4, 0.5) is 0 Å². The molecule has 1 aromatic heterocycles. The van der Waals surface area contributed by atoms with Crippen molar-refractivity contribution in [1.82, 2.24) is 9.55 Å². The molecule has 0 radical (unpaired) electrons. The Kier molecular flexibility index (Phi) is 4.02. The molecule has 1 saturated carbocycles. The average molecular weight is 291 g/mol. The molecule has 1 aromatic carbocycles. The van der Waals surface area contributed by atoms with Crippen molar-refractivity contribution in [3.63, 3.8) is 0 Å². The third kappa shape index (κ3) is 2.35. The van der Waals surface area contributed by atoms with E-state index in [0.717, 1.165) is 17.3 Å². The summed E-state index contributed by atoms with van der Waals surface area (Å²) in [6.07, 6.45) is 6.55. The summed E-state index contributed by atoms with van der Waals surface area (Å²) < 4.78 is 2.44. The fourth-order valence-electron chi connectivity index (χ4n) is 3.72. The SMILES string of the molecule is CCC1CCCC(n2c(CCl)nc3cccc(C)c32)C1. The van der Waals surface area contributed by atoms with E-state index >= 15 is 0 Å². The largest absolute Gasteiger partial charge is 0.324 e. The fourth-order valence-corrected chi connectivity index (χ4v) is 3.91. The van der Waals surface area contributed by atoms with Gasteiger partial charge >= 0.3 is 0 Å². The van der Waals surface area contributed by atoms with Gasteiger partial charge in [0.05, 0.1) is 16.9 Å². The maximum atomic E-state index is 6.16. The molecular formula is C17H23ClN2. The summed E-state index contributed by atoms with van der Waals surface area (Å²) in [5.41, 5.74) is 3.70. The first-order valence-corrected chi connectivity index (χ1v) is 8.30. The number of nitrogens with zero attached hydrogens (tertiary/aromatic N) is 2. The minimum Gasteiger partial charge on any atom is -0.324 e. The van der Waals surface area contributed by atoms with E-state index in [1.54, 1.807) is 0 Å². The number of benzene rings is 1. The lowest BCUT2D eigenvalue weighted by Gasteiger charge is -2.31. The molecule has 2 unspecified atom stereocenters. The Labute approximate surface area is 126 Å². The zero-order chi connectivity index (χ0) is 14.1. The topological polar surface area (TPSA) is 17.8 Å². The van der Waals surface area contributed by atoms with Gasteiger partial charge in [0.15, 0.2) is 0 Å². The molecule has 2 atom stereocenters. The van der Waals surface area contributed by atoms with E-state index in [9.17, 15) is 0 Å². The standard InChI is InChI=1S/C17H23ClN2/c1-3-13-7-5-8-14(10-13)20-16(11-18)19-15-9-4-6-12(2)17(15)20/h4,6,9,13-14H,3,5,7-8,10-11H2,1-2H3. The maximum Gasteiger partial charge on any atom is 0.125 e. The molecule has 0 N–H and O–H groups in total. The Morgan fingerprint density at radius 3 is 2.95 bits per heavy atom. The minimum absolute atomic E-state index is 0.501. The molecule has 1 heterocycles. The number of alkyl halides is 1. The molecule has 0 amide bonds. The minimum atomic E-state index is 0.501. The van der Waals surface area contributed by atoms with Gasteiger partial charge in [-0.2, -0.15) is 0 Å². The Morgan fingerprint density at radius 2 is 2.20 bits per heavy atom. The van der Waals surface area contributed by atoms with Crippen molar-refractivity contribution in [2.24, 2.45) is 5.92 Å². The average Bonchev–Trinajstić information content (AvgIpc) is 2.87. The van der Waals surface area contributed by atoms with Crippen LogP contribution in [-0.2, 0) is 5.88 Å². The Hall–Kier alpha value is -1.02. The van der Waals surface area contributed by atoms with Crippen molar-refractivity contribution in [2.75, 3.05) is 0 Å². The third-order valence-electron chi connectivity index (χ3n) is 4.80. The molecule has 0 saturated heterocycles. The van der Waals surface area contributed by atoms with Gasteiger partial charge in [0, 0.05) is 6.04 Å². The van der Waals surface area contributed by atoms with E-state index in [-0.39, 0.29) is 0 Å². The van der Waals surface area contributed by atoms with Crippen molar-refractivity contribution in [3.05, 3.63) is 29.6 Å². The van der Waals surface area contributed by atoms with Gasteiger partial charge in [-0.3, -0.25) is 0 Å². The summed E-state index contributed by atoms with van der Waals surface area (Å²) in [6, 6.07) is 6.95. The van der Waals surface area contributed by atoms with Gasteiger partial charge in [0.25, 0.3) is 0 Å². The Balaban J connectivity index is 2.09. The van der Waals surface area contributed by atoms with Crippen LogP contribution in [-0.4, -0.2) is 9.55 Å². The number of para-hydroxylation sites is 1. The second-order valence-electron chi connectivity index (χ2n) is 6.07. The monoisotopic (exact) mass is 290 g/mol. The normalized spacial score (nSPS) is 23.4. The predicted octanol–water partition coefficient (Wildman–Crippen LogP) is 5.22. The van der Waals surface area contributed by atoms with Crippen molar-refractivity contribution in [1.29, 1.82) is 0 Å². The van der Waals surface area contributed by atoms with Gasteiger partial charge in [-0.1, -0.05) is 38.3 Å². The summed E-state index contributed by atoms with van der Waals surface area (Å²) in [5, 5.41) is 0. The van der Waals surface area contributed by atoms with Crippen LogP contribution < -0.4 is 0 Å². The van der Waals surface area contributed by atoms with Gasteiger partial charge in [-0.25, -0.2) is 4.98 Å². The molecule has 20 heavy (non-hydrogen) atoms. The Morgan fingerprint density at radius 1 is 1.35 bits per heavy atom. The number of imidazole rings is 1. The van der Waals surface area contributed by atoms with Crippen LogP contribution in [0.15, 0.2) is 18.2 Å². The van der Waals surface area contributed by atoms with Gasteiger partial charge < -0.3 is 4.57 Å². The zero-order valence-electron chi connectivity index (χ0n) is 12.4. The molecule has 1 aliphatic rings. The highest BCUT2D eigenvalue weighted by Gasteiger charge is 2.25. The van der Waals surface area contributed by atoms with E-state index in [1.165, 1.54) is 43.2 Å². The van der Waals surface area contributed by atoms with Crippen LogP contribution in [0.5, 0.6) is 0 Å². The number of rotatable bonds is 3. The van der Waals surface area contributed by atoms with Crippen LogP contribution in [0.25, 0.3) is 11.0 Å². The molecule has 3 heteroatoms. The number of hydrogen-bond acceptors (Lipinski definition) is 1. The molecule has 1 fully saturated rings. The van der Waals surface area contributed by atoms with Crippen molar-refractivity contribution in [2.45, 2.75) is 57.9 Å². The van der Waals surface area contributed by atoms with Crippen LogP contribution in [0.2, 0.25) is 0 Å². The smallest absolute Gasteiger partial charge is 0.125 e. The molecule has 0 spiro atoms. The first kappa shape index (κ1) is 13.9. The van der Waals surface area contributed by atoms with Crippen molar-refractivity contribution in [3.8, 4) is 0 Å². The maximum absolute atomic E-state index is 6.16. The lowest BCUT2D eigenvalue weighted by Crippen LogP contribution is -2.20. The number of hydrogen-bond donors (Lipinski definition) is 0. The van der Waals surface area contributed by atoms with Crippen LogP contribution in [0.1, 0.15) is 56.5 Å². The lowest BCUT2D eigenvalue weighted by molar-refractivity contribution is 0.262. The predicted molar refractivity (Wildman–Crippen MR) is 85.3 cm³/mol. The summed E-state index contributed by atoms with van der Waals surface area (Å²) in [7, 11) is 0. The molecule has 3 rings (SSSR count). The van der Waals surface area contributed by atoms with Gasteiger partial charge in [-0.15, -0.1) is 11.6 Å². The van der Waals surface area contributed by atoms with Crippen LogP contribution >= 0.6 is 11.6 Å². The second kappa shape index (κ2) is 5.77. The number of halogens is 1. The molecule has 0 bridgehead atoms. The van der Waals surface area contributed by atoms with Crippen LogP contribution in [0, 0.1) is 12.8 Å². The van der Waals surface area contributed by atoms with Crippen LogP contribution in [0.3, 0.4) is 0 Å². The molecular weight excluding hydrogens is 268 g/mol. The summed E-state index contributed by atoms with van der Waals surface area (Å²) in [4.78, 5) is 4.75. The third-order valence-corrected chi connectivity index (χ3v) is 5.04. The quantitative estimate of drug-likeness (QED) is 0.708. The van der Waals surface area contributed by atoms with E-state index in [0.29, 0.717) is 11.9 Å². The summed E-state index contributed by atoms with van der Waals surface area (Å²) in [5.74, 6) is 2.40. The fraction of sp³-hybridized carbons (Fsp3) is 0.588. The van der Waals surface area contributed by atoms with Gasteiger partial charge in [0.2, 0.25) is 0 Å². The van der Waals surface area contributed by atoms with Crippen molar-refractivity contribution >= 4 is 22.6 Å². The van der Waals surface area contributed by atoms with Gasteiger partial charge in [0.1, 0.15) is 5.82 Å². The second-order valence-corrected chi connectivity index (χ2v) is 6.34. The first-order chi connectivity index (χ1) is 9.74. The summed E-state index contributed by atoms with van der Waals surface area (Å²) in [6.45, 7) is 4.49. The number of aromatic nitrogens is 2. The van der Waals surface area contributed by atoms with E-state index in [2.05, 4.69) is 36.6 Å². The molecule has 108 valence electrons. The molecule has 2 nitrogen and oxygen atoms in total. The van der Waals surface area contributed by atoms with Gasteiger partial charge in [-0.05, 0) is 37.3 Å². The molecule has 2 aromatic rings. The first-order valence-electron chi connectivity index (χ1n) is 7.77. The lowest BCUT2D eigenvalue weighted by atomic mass is 9.84. The Bertz CT molecular complexity index is 602. The van der Waals surface area contributed by atoms with E-state index in [4.69, 9.17) is 16.6 Å². The molecule has 0 aliphatic heterocycles. The number of fused-ring (bicyclic) bond motifs is 1. The number of aryl methyl sites for hydroxylation is 1.